The average Bonchev–Trinajstić information content (AvgIpc) is 2.19. The Balaban J connectivity index is 2.91. The number of nitrogen functional groups attached to an aromatic ring is 1. The Morgan fingerprint density at radius 2 is 2.06 bits per heavy atom. The molecule has 0 atom stereocenters. The summed E-state index contributed by atoms with van der Waals surface area (Å²) in [6.07, 6.45) is 0.769. The van der Waals surface area contributed by atoms with E-state index in [1.165, 1.54) is 12.1 Å². The highest BCUT2D eigenvalue weighted by molar-refractivity contribution is 7.86. The largest absolute Gasteiger partial charge is 0.398 e. The smallest absolute Gasteiger partial charge is 0.296 e. The Bertz CT molecular complexity index is 459. The van der Waals surface area contributed by atoms with E-state index in [-0.39, 0.29) is 10.6 Å². The molecule has 0 heterocycles. The number of benzene rings is 1. The quantitative estimate of drug-likeness (QED) is 0.336. The second-order valence-corrected chi connectivity index (χ2v) is 4.69. The number of rotatable bonds is 5. The van der Waals surface area contributed by atoms with Gasteiger partial charge in [-0.1, -0.05) is 0 Å². The van der Waals surface area contributed by atoms with Gasteiger partial charge in [-0.3, -0.25) is 4.55 Å². The van der Waals surface area contributed by atoms with Crippen LogP contribution in [0.4, 0.5) is 11.4 Å². The van der Waals surface area contributed by atoms with Gasteiger partial charge in [0, 0.05) is 12.2 Å². The first-order chi connectivity index (χ1) is 7.45. The van der Waals surface area contributed by atoms with Crippen molar-refractivity contribution < 1.29 is 13.0 Å². The summed E-state index contributed by atoms with van der Waals surface area (Å²) in [6.45, 7) is 1.18. The molecule has 0 bridgehead atoms. The van der Waals surface area contributed by atoms with E-state index in [0.29, 0.717) is 18.8 Å². The third kappa shape index (κ3) is 3.37. The van der Waals surface area contributed by atoms with Crippen LogP contribution in [-0.4, -0.2) is 26.1 Å². The van der Waals surface area contributed by atoms with E-state index >= 15 is 0 Å². The van der Waals surface area contributed by atoms with Crippen molar-refractivity contribution in [2.75, 3.05) is 24.1 Å². The minimum atomic E-state index is -4.28. The SMILES string of the molecule is NCCCNc1ccc(N)c(S(=O)(=O)O)c1. The molecule has 0 fully saturated rings. The molecule has 6 N–H and O–H groups in total. The molecule has 0 aliphatic heterocycles. The lowest BCUT2D eigenvalue weighted by Gasteiger charge is -2.08. The fourth-order valence-corrected chi connectivity index (χ4v) is 1.84. The van der Waals surface area contributed by atoms with Gasteiger partial charge < -0.3 is 16.8 Å². The van der Waals surface area contributed by atoms with Crippen molar-refractivity contribution in [1.29, 1.82) is 0 Å². The summed E-state index contributed by atoms with van der Waals surface area (Å²) >= 11 is 0. The standard InChI is InChI=1S/C9H15N3O3S/c10-4-1-5-12-7-2-3-8(11)9(6-7)16(13,14)15/h2-3,6,12H,1,4-5,10-11H2,(H,13,14,15). The zero-order chi connectivity index (χ0) is 12.2. The number of nitrogens with one attached hydrogen (secondary N) is 1. The third-order valence-electron chi connectivity index (χ3n) is 2.00. The predicted octanol–water partition coefficient (Wildman–Crippen LogP) is 0.276. The van der Waals surface area contributed by atoms with Crippen LogP contribution >= 0.6 is 0 Å². The molecule has 0 saturated carbocycles. The van der Waals surface area contributed by atoms with Crippen molar-refractivity contribution in [3.05, 3.63) is 18.2 Å². The van der Waals surface area contributed by atoms with Gasteiger partial charge in [-0.05, 0) is 31.2 Å². The van der Waals surface area contributed by atoms with Crippen molar-refractivity contribution in [2.45, 2.75) is 11.3 Å². The molecular formula is C9H15N3O3S. The Morgan fingerprint density at radius 3 is 2.62 bits per heavy atom. The Labute approximate surface area is 94.4 Å². The van der Waals surface area contributed by atoms with E-state index in [1.807, 2.05) is 0 Å². The van der Waals surface area contributed by atoms with Crippen LogP contribution in [0.2, 0.25) is 0 Å². The van der Waals surface area contributed by atoms with Gasteiger partial charge in [0.15, 0.2) is 0 Å². The van der Waals surface area contributed by atoms with E-state index in [9.17, 15) is 8.42 Å². The lowest BCUT2D eigenvalue weighted by Crippen LogP contribution is -2.09. The summed E-state index contributed by atoms with van der Waals surface area (Å²) in [5, 5.41) is 2.97. The van der Waals surface area contributed by atoms with Crippen LogP contribution in [-0.2, 0) is 10.1 Å². The molecule has 0 unspecified atom stereocenters. The van der Waals surface area contributed by atoms with Gasteiger partial charge in [-0.15, -0.1) is 0 Å². The minimum Gasteiger partial charge on any atom is -0.398 e. The summed E-state index contributed by atoms with van der Waals surface area (Å²) in [5.74, 6) is 0. The summed E-state index contributed by atoms with van der Waals surface area (Å²) < 4.78 is 30.8. The summed E-state index contributed by atoms with van der Waals surface area (Å²) in [5.41, 5.74) is 11.4. The van der Waals surface area contributed by atoms with Crippen molar-refractivity contribution in [1.82, 2.24) is 0 Å². The van der Waals surface area contributed by atoms with Crippen molar-refractivity contribution in [2.24, 2.45) is 5.73 Å². The Morgan fingerprint density at radius 1 is 1.38 bits per heavy atom. The van der Waals surface area contributed by atoms with Crippen LogP contribution in [0.1, 0.15) is 6.42 Å². The van der Waals surface area contributed by atoms with Gasteiger partial charge >= 0.3 is 0 Å². The Hall–Kier alpha value is -1.31. The molecule has 0 amide bonds. The maximum Gasteiger partial charge on any atom is 0.296 e. The Kier molecular flexibility index (Phi) is 4.11. The molecule has 0 saturated heterocycles. The molecule has 0 aliphatic rings. The minimum absolute atomic E-state index is 0.0203. The molecular weight excluding hydrogens is 230 g/mol. The molecule has 0 radical (unpaired) electrons. The predicted molar refractivity (Wildman–Crippen MR) is 62.8 cm³/mol. The normalized spacial score (nSPS) is 11.4. The van der Waals surface area contributed by atoms with Gasteiger partial charge in [0.25, 0.3) is 10.1 Å². The van der Waals surface area contributed by atoms with Gasteiger partial charge in [0.05, 0.1) is 5.69 Å². The number of hydrogen-bond donors (Lipinski definition) is 4. The molecule has 0 spiro atoms. The zero-order valence-corrected chi connectivity index (χ0v) is 9.50. The summed E-state index contributed by atoms with van der Waals surface area (Å²) in [4.78, 5) is -0.287. The van der Waals surface area contributed by atoms with Crippen molar-refractivity contribution in [3.63, 3.8) is 0 Å². The second kappa shape index (κ2) is 5.15. The van der Waals surface area contributed by atoms with Gasteiger partial charge in [0.2, 0.25) is 0 Å². The fraction of sp³-hybridized carbons (Fsp3) is 0.333. The molecule has 90 valence electrons. The maximum atomic E-state index is 11.0. The number of nitrogens with two attached hydrogens (primary N) is 2. The molecule has 7 heteroatoms. The molecule has 0 aromatic heterocycles. The first-order valence-corrected chi connectivity index (χ1v) is 6.20. The van der Waals surface area contributed by atoms with Crippen molar-refractivity contribution in [3.8, 4) is 0 Å². The van der Waals surface area contributed by atoms with Crippen LogP contribution in [0, 0.1) is 0 Å². The maximum absolute atomic E-state index is 11.0. The highest BCUT2D eigenvalue weighted by atomic mass is 32.2. The lowest BCUT2D eigenvalue weighted by molar-refractivity contribution is 0.483. The highest BCUT2D eigenvalue weighted by Gasteiger charge is 2.14. The first kappa shape index (κ1) is 12.8. The molecule has 16 heavy (non-hydrogen) atoms. The molecule has 0 aliphatic carbocycles. The van der Waals surface area contributed by atoms with Gasteiger partial charge in [-0.2, -0.15) is 8.42 Å². The van der Waals surface area contributed by atoms with Crippen LogP contribution in [0.25, 0.3) is 0 Å². The number of hydrogen-bond acceptors (Lipinski definition) is 5. The third-order valence-corrected chi connectivity index (χ3v) is 2.91. The van der Waals surface area contributed by atoms with Crippen molar-refractivity contribution >= 4 is 21.5 Å². The van der Waals surface area contributed by atoms with Crippen LogP contribution in [0.15, 0.2) is 23.1 Å². The molecule has 1 aromatic carbocycles. The fourth-order valence-electron chi connectivity index (χ4n) is 1.20. The second-order valence-electron chi connectivity index (χ2n) is 3.30. The van der Waals surface area contributed by atoms with E-state index < -0.39 is 10.1 Å². The van der Waals surface area contributed by atoms with Crippen LogP contribution in [0.5, 0.6) is 0 Å². The van der Waals surface area contributed by atoms with Gasteiger partial charge in [0.1, 0.15) is 4.90 Å². The summed E-state index contributed by atoms with van der Waals surface area (Å²) in [6, 6.07) is 4.36. The zero-order valence-electron chi connectivity index (χ0n) is 8.68. The van der Waals surface area contributed by atoms with E-state index in [4.69, 9.17) is 16.0 Å². The number of anilines is 2. The topological polar surface area (TPSA) is 118 Å². The average molecular weight is 245 g/mol. The monoisotopic (exact) mass is 245 g/mol. The van der Waals surface area contributed by atoms with E-state index in [0.717, 1.165) is 6.42 Å². The lowest BCUT2D eigenvalue weighted by atomic mass is 10.3. The molecule has 1 rings (SSSR count). The first-order valence-electron chi connectivity index (χ1n) is 4.76. The summed E-state index contributed by atoms with van der Waals surface area (Å²) in [7, 11) is -4.28. The van der Waals surface area contributed by atoms with E-state index in [1.54, 1.807) is 6.07 Å². The molecule has 1 aromatic rings. The highest BCUT2D eigenvalue weighted by Crippen LogP contribution is 2.22. The van der Waals surface area contributed by atoms with Crippen LogP contribution in [0.3, 0.4) is 0 Å². The molecule has 6 nitrogen and oxygen atoms in total. The van der Waals surface area contributed by atoms with Crippen LogP contribution < -0.4 is 16.8 Å². The van der Waals surface area contributed by atoms with Gasteiger partial charge in [-0.25, -0.2) is 0 Å². The van der Waals surface area contributed by atoms with E-state index in [2.05, 4.69) is 5.32 Å².